The predicted molar refractivity (Wildman–Crippen MR) is 75.9 cm³/mol. The van der Waals surface area contributed by atoms with E-state index >= 15 is 0 Å². The third kappa shape index (κ3) is 3.13. The van der Waals surface area contributed by atoms with Crippen LogP contribution in [0.1, 0.15) is 32.6 Å². The lowest BCUT2D eigenvalue weighted by Gasteiger charge is -2.23. The molecule has 1 aliphatic carbocycles. The van der Waals surface area contributed by atoms with Gasteiger partial charge in [0.25, 0.3) is 0 Å². The van der Waals surface area contributed by atoms with Gasteiger partial charge in [0.15, 0.2) is 0 Å². The first-order valence-electron chi connectivity index (χ1n) is 6.17. The lowest BCUT2D eigenvalue weighted by Crippen LogP contribution is -2.34. The molecule has 1 aromatic carbocycles. The van der Waals surface area contributed by atoms with Gasteiger partial charge in [-0.2, -0.15) is 0 Å². The molecule has 18 heavy (non-hydrogen) atoms. The molecular formula is C13H18BrNO2S. The largest absolute Gasteiger partial charge is 0.241 e. The Morgan fingerprint density at radius 2 is 1.89 bits per heavy atom. The Kier molecular flexibility index (Phi) is 4.14. The molecule has 0 radical (unpaired) electrons. The summed E-state index contributed by atoms with van der Waals surface area (Å²) in [5.41, 5.74) is 0.119. The van der Waals surface area contributed by atoms with Crippen molar-refractivity contribution in [2.24, 2.45) is 5.41 Å². The molecule has 3 nitrogen and oxygen atoms in total. The molecule has 1 saturated carbocycles. The summed E-state index contributed by atoms with van der Waals surface area (Å²) < 4.78 is 27.8. The predicted octanol–water partition coefficient (Wildman–Crippen LogP) is 3.31. The Hall–Kier alpha value is -0.390. The normalized spacial score (nSPS) is 19.0. The number of sulfonamides is 1. The lowest BCUT2D eigenvalue weighted by atomic mass is 9.89. The van der Waals surface area contributed by atoms with Crippen LogP contribution in [0.25, 0.3) is 0 Å². The van der Waals surface area contributed by atoms with E-state index in [-0.39, 0.29) is 5.41 Å². The maximum Gasteiger partial charge on any atom is 0.241 e. The highest BCUT2D eigenvalue weighted by molar-refractivity contribution is 9.10. The fraction of sp³-hybridized carbons (Fsp3) is 0.538. The molecule has 1 aliphatic rings. The van der Waals surface area contributed by atoms with Crippen LogP contribution < -0.4 is 4.72 Å². The highest BCUT2D eigenvalue weighted by Crippen LogP contribution is 2.37. The van der Waals surface area contributed by atoms with Crippen LogP contribution in [0.5, 0.6) is 0 Å². The molecule has 0 unspecified atom stereocenters. The van der Waals surface area contributed by atoms with Crippen LogP contribution in [0.15, 0.2) is 33.6 Å². The van der Waals surface area contributed by atoms with Crippen molar-refractivity contribution in [3.8, 4) is 0 Å². The summed E-state index contributed by atoms with van der Waals surface area (Å²) in [6.07, 6.45) is 4.61. The van der Waals surface area contributed by atoms with E-state index in [4.69, 9.17) is 0 Å². The topological polar surface area (TPSA) is 46.2 Å². The van der Waals surface area contributed by atoms with Crippen LogP contribution in [0.3, 0.4) is 0 Å². The van der Waals surface area contributed by atoms with E-state index in [1.807, 2.05) is 0 Å². The van der Waals surface area contributed by atoms with Crippen molar-refractivity contribution in [1.82, 2.24) is 4.72 Å². The van der Waals surface area contributed by atoms with Gasteiger partial charge in [-0.3, -0.25) is 0 Å². The van der Waals surface area contributed by atoms with E-state index in [1.54, 1.807) is 24.3 Å². The summed E-state index contributed by atoms with van der Waals surface area (Å²) in [6, 6.07) is 6.90. The Morgan fingerprint density at radius 1 is 1.28 bits per heavy atom. The number of halogens is 1. The summed E-state index contributed by atoms with van der Waals surface area (Å²) in [7, 11) is -3.41. The first kappa shape index (κ1) is 14.0. The van der Waals surface area contributed by atoms with Gasteiger partial charge in [-0.1, -0.05) is 31.9 Å². The fourth-order valence-electron chi connectivity index (χ4n) is 2.41. The summed E-state index contributed by atoms with van der Waals surface area (Å²) in [5.74, 6) is 0. The van der Waals surface area contributed by atoms with Gasteiger partial charge >= 0.3 is 0 Å². The van der Waals surface area contributed by atoms with E-state index in [9.17, 15) is 8.42 Å². The summed E-state index contributed by atoms with van der Waals surface area (Å²) in [4.78, 5) is 0.312. The molecule has 0 bridgehead atoms. The van der Waals surface area contributed by atoms with E-state index in [1.165, 1.54) is 12.8 Å². The second-order valence-corrected chi connectivity index (χ2v) is 7.86. The van der Waals surface area contributed by atoms with Crippen LogP contribution in [0, 0.1) is 5.41 Å². The van der Waals surface area contributed by atoms with Gasteiger partial charge in [0.1, 0.15) is 0 Å². The van der Waals surface area contributed by atoms with E-state index in [0.29, 0.717) is 15.9 Å². The van der Waals surface area contributed by atoms with Crippen LogP contribution in [0.4, 0.5) is 0 Å². The van der Waals surface area contributed by atoms with E-state index in [0.717, 1.165) is 12.8 Å². The van der Waals surface area contributed by atoms with Crippen molar-refractivity contribution in [2.75, 3.05) is 6.54 Å². The van der Waals surface area contributed by atoms with Crippen molar-refractivity contribution in [3.05, 3.63) is 28.7 Å². The van der Waals surface area contributed by atoms with Crippen LogP contribution in [0.2, 0.25) is 0 Å². The molecule has 0 atom stereocenters. The molecule has 5 heteroatoms. The first-order chi connectivity index (χ1) is 8.43. The summed E-state index contributed by atoms with van der Waals surface area (Å²) >= 11 is 3.28. The van der Waals surface area contributed by atoms with Gasteiger partial charge in [-0.25, -0.2) is 13.1 Å². The second kappa shape index (κ2) is 5.31. The maximum absolute atomic E-state index is 12.2. The Labute approximate surface area is 117 Å². The van der Waals surface area contributed by atoms with Crippen molar-refractivity contribution in [2.45, 2.75) is 37.5 Å². The number of hydrogen-bond donors (Lipinski definition) is 1. The molecule has 0 aromatic heterocycles. The second-order valence-electron chi connectivity index (χ2n) is 5.27. The minimum Gasteiger partial charge on any atom is -0.211 e. The molecule has 0 aliphatic heterocycles. The Balaban J connectivity index is 2.11. The highest BCUT2D eigenvalue weighted by Gasteiger charge is 2.30. The Bertz CT molecular complexity index is 522. The van der Waals surface area contributed by atoms with Gasteiger partial charge in [-0.05, 0) is 46.3 Å². The van der Waals surface area contributed by atoms with Crippen LogP contribution in [-0.4, -0.2) is 15.0 Å². The molecular weight excluding hydrogens is 314 g/mol. The first-order valence-corrected chi connectivity index (χ1v) is 8.45. The summed E-state index contributed by atoms with van der Waals surface area (Å²) in [6.45, 7) is 2.68. The average molecular weight is 332 g/mol. The summed E-state index contributed by atoms with van der Waals surface area (Å²) in [5, 5.41) is 0. The van der Waals surface area contributed by atoms with Crippen molar-refractivity contribution in [3.63, 3.8) is 0 Å². The zero-order valence-electron chi connectivity index (χ0n) is 10.4. The highest BCUT2D eigenvalue weighted by atomic mass is 79.9. The van der Waals surface area contributed by atoms with Crippen LogP contribution >= 0.6 is 15.9 Å². The average Bonchev–Trinajstić information content (AvgIpc) is 2.75. The zero-order chi connectivity index (χ0) is 13.2. The minimum absolute atomic E-state index is 0.119. The minimum atomic E-state index is -3.41. The van der Waals surface area contributed by atoms with E-state index in [2.05, 4.69) is 27.6 Å². The Morgan fingerprint density at radius 3 is 2.50 bits per heavy atom. The third-order valence-corrected chi connectivity index (χ3v) is 6.04. The molecule has 1 N–H and O–H groups in total. The smallest absolute Gasteiger partial charge is 0.211 e. The van der Waals surface area contributed by atoms with Gasteiger partial charge in [0, 0.05) is 11.0 Å². The van der Waals surface area contributed by atoms with Crippen LogP contribution in [-0.2, 0) is 10.0 Å². The SMILES string of the molecule is CC1(CNS(=O)(=O)c2ccccc2Br)CCCC1. The molecule has 1 aromatic rings. The van der Waals surface area contributed by atoms with E-state index < -0.39 is 10.0 Å². The number of benzene rings is 1. The van der Waals surface area contributed by atoms with Crippen molar-refractivity contribution >= 4 is 26.0 Å². The quantitative estimate of drug-likeness (QED) is 0.919. The van der Waals surface area contributed by atoms with Crippen molar-refractivity contribution < 1.29 is 8.42 Å². The molecule has 0 heterocycles. The standard InChI is InChI=1S/C13H18BrNO2S/c1-13(8-4-5-9-13)10-15-18(16,17)12-7-3-2-6-11(12)14/h2-3,6-7,15H,4-5,8-10H2,1H3. The van der Waals surface area contributed by atoms with Gasteiger partial charge in [0.05, 0.1) is 4.90 Å². The molecule has 0 saturated heterocycles. The number of nitrogens with one attached hydrogen (secondary N) is 1. The third-order valence-electron chi connectivity index (χ3n) is 3.63. The fourth-order valence-corrected chi connectivity index (χ4v) is 4.62. The van der Waals surface area contributed by atoms with Crippen molar-refractivity contribution in [1.29, 1.82) is 0 Å². The maximum atomic E-state index is 12.2. The zero-order valence-corrected chi connectivity index (χ0v) is 12.9. The molecule has 0 spiro atoms. The molecule has 100 valence electrons. The molecule has 1 fully saturated rings. The van der Waals surface area contributed by atoms with Gasteiger partial charge in [-0.15, -0.1) is 0 Å². The number of rotatable bonds is 4. The monoisotopic (exact) mass is 331 g/mol. The lowest BCUT2D eigenvalue weighted by molar-refractivity contribution is 0.336. The van der Waals surface area contributed by atoms with Gasteiger partial charge < -0.3 is 0 Å². The molecule has 2 rings (SSSR count). The molecule has 0 amide bonds. The van der Waals surface area contributed by atoms with Gasteiger partial charge in [0.2, 0.25) is 10.0 Å². The number of hydrogen-bond acceptors (Lipinski definition) is 2.